The predicted octanol–water partition coefficient (Wildman–Crippen LogP) is 3.15. The molecule has 2 rings (SSSR count). The van der Waals surface area contributed by atoms with Crippen molar-refractivity contribution in [3.63, 3.8) is 0 Å². The third kappa shape index (κ3) is 5.55. The Hall–Kier alpha value is -2.67. The summed E-state index contributed by atoms with van der Waals surface area (Å²) in [5, 5.41) is 14.4. The number of nitro benzene ring substituents is 1. The molecule has 0 aliphatic rings. The molecule has 0 aromatic heterocycles. The van der Waals surface area contributed by atoms with Crippen molar-refractivity contribution >= 4 is 29.6 Å². The number of thioether (sulfide) groups is 1. The summed E-state index contributed by atoms with van der Waals surface area (Å²) < 4.78 is 0. The van der Waals surface area contributed by atoms with Crippen molar-refractivity contribution in [2.75, 3.05) is 5.75 Å². The molecule has 0 atom stereocenters. The molecule has 0 saturated carbocycles. The molecule has 0 radical (unpaired) electrons. The average Bonchev–Trinajstić information content (AvgIpc) is 2.55. The first-order valence-electron chi connectivity index (χ1n) is 6.80. The number of carbonyl (C=O) groups excluding carboxylic acids is 1. The number of carbonyl (C=O) groups is 1. The van der Waals surface area contributed by atoms with Gasteiger partial charge in [-0.2, -0.15) is 5.10 Å². The van der Waals surface area contributed by atoms with Crippen LogP contribution in [0.5, 0.6) is 0 Å². The molecule has 0 heterocycles. The lowest BCUT2D eigenvalue weighted by atomic mass is 10.2. The number of nitrogens with zero attached hydrogens (tertiary/aromatic N) is 2. The van der Waals surface area contributed by atoms with Crippen LogP contribution in [0, 0.1) is 17.0 Å². The van der Waals surface area contributed by atoms with E-state index in [0.717, 1.165) is 4.90 Å². The second-order valence-electron chi connectivity index (χ2n) is 4.74. The zero-order valence-corrected chi connectivity index (χ0v) is 13.2. The average molecular weight is 329 g/mol. The minimum absolute atomic E-state index is 0.0145. The quantitative estimate of drug-likeness (QED) is 0.382. The number of hydrogen-bond donors (Lipinski definition) is 1. The number of nitrogens with one attached hydrogen (secondary N) is 1. The number of amides is 1. The lowest BCUT2D eigenvalue weighted by molar-refractivity contribution is -0.384. The Labute approximate surface area is 137 Å². The van der Waals surface area contributed by atoms with E-state index in [0.29, 0.717) is 5.56 Å². The van der Waals surface area contributed by atoms with Gasteiger partial charge in [0.15, 0.2) is 0 Å². The normalized spacial score (nSPS) is 10.7. The molecule has 23 heavy (non-hydrogen) atoms. The van der Waals surface area contributed by atoms with Gasteiger partial charge < -0.3 is 0 Å². The van der Waals surface area contributed by atoms with Crippen LogP contribution in [0.4, 0.5) is 5.69 Å². The molecule has 1 N–H and O–H groups in total. The second-order valence-corrected chi connectivity index (χ2v) is 5.79. The van der Waals surface area contributed by atoms with Gasteiger partial charge in [-0.1, -0.05) is 17.7 Å². The lowest BCUT2D eigenvalue weighted by Gasteiger charge is -2.01. The fraction of sp³-hybridized carbons (Fsp3) is 0.125. The number of rotatable bonds is 6. The number of hydrogen-bond acceptors (Lipinski definition) is 5. The van der Waals surface area contributed by atoms with Crippen LogP contribution in [-0.2, 0) is 4.79 Å². The summed E-state index contributed by atoms with van der Waals surface area (Å²) in [6.07, 6.45) is 1.44. The van der Waals surface area contributed by atoms with Crippen molar-refractivity contribution in [1.82, 2.24) is 5.43 Å². The molecular weight excluding hydrogens is 314 g/mol. The van der Waals surface area contributed by atoms with Crippen LogP contribution in [0.15, 0.2) is 58.5 Å². The molecule has 0 aliphatic heterocycles. The molecule has 1 amide bonds. The van der Waals surface area contributed by atoms with Crippen molar-refractivity contribution in [2.45, 2.75) is 11.8 Å². The Kier molecular flexibility index (Phi) is 5.87. The van der Waals surface area contributed by atoms with E-state index in [2.05, 4.69) is 10.5 Å². The lowest BCUT2D eigenvalue weighted by Crippen LogP contribution is -2.19. The molecule has 0 bridgehead atoms. The fourth-order valence-electron chi connectivity index (χ4n) is 1.68. The molecule has 6 nitrogen and oxygen atoms in total. The maximum absolute atomic E-state index is 11.7. The maximum atomic E-state index is 11.7. The standard InChI is InChI=1S/C16H15N3O3S/c1-12-2-8-15(9-3-12)23-11-16(20)18-17-10-13-4-6-14(7-5-13)19(21)22/h2-10H,11H2,1H3,(H,18,20)/b17-10-. The Bertz CT molecular complexity index is 712. The third-order valence-electron chi connectivity index (χ3n) is 2.90. The maximum Gasteiger partial charge on any atom is 0.269 e. The highest BCUT2D eigenvalue weighted by Gasteiger charge is 2.03. The number of aryl methyl sites for hydroxylation is 1. The van der Waals surface area contributed by atoms with Crippen molar-refractivity contribution in [2.24, 2.45) is 5.10 Å². The summed E-state index contributed by atoms with van der Waals surface area (Å²) in [6, 6.07) is 13.8. The van der Waals surface area contributed by atoms with E-state index in [1.165, 1.54) is 35.7 Å². The van der Waals surface area contributed by atoms with E-state index in [1.807, 2.05) is 31.2 Å². The van der Waals surface area contributed by atoms with Crippen molar-refractivity contribution < 1.29 is 9.72 Å². The van der Waals surface area contributed by atoms with Crippen molar-refractivity contribution in [1.29, 1.82) is 0 Å². The summed E-state index contributed by atoms with van der Waals surface area (Å²) in [5.41, 5.74) is 4.28. The van der Waals surface area contributed by atoms with E-state index in [-0.39, 0.29) is 17.3 Å². The Balaban J connectivity index is 1.79. The Morgan fingerprint density at radius 2 is 1.87 bits per heavy atom. The van der Waals surface area contributed by atoms with Crippen LogP contribution < -0.4 is 5.43 Å². The third-order valence-corrected chi connectivity index (χ3v) is 3.91. The van der Waals surface area contributed by atoms with Gasteiger partial charge in [0.25, 0.3) is 5.69 Å². The van der Waals surface area contributed by atoms with E-state index < -0.39 is 4.92 Å². The minimum atomic E-state index is -0.467. The topological polar surface area (TPSA) is 84.6 Å². The second kappa shape index (κ2) is 8.09. The Morgan fingerprint density at radius 3 is 2.48 bits per heavy atom. The van der Waals surface area contributed by atoms with Gasteiger partial charge in [-0.05, 0) is 36.8 Å². The number of hydrazone groups is 1. The highest BCUT2D eigenvalue weighted by Crippen LogP contribution is 2.17. The van der Waals surface area contributed by atoms with Crippen LogP contribution in [0.3, 0.4) is 0 Å². The van der Waals surface area contributed by atoms with Crippen LogP contribution in [0.2, 0.25) is 0 Å². The van der Waals surface area contributed by atoms with Crippen LogP contribution in [0.1, 0.15) is 11.1 Å². The molecule has 2 aromatic rings. The summed E-state index contributed by atoms with van der Waals surface area (Å²) >= 11 is 1.43. The Morgan fingerprint density at radius 1 is 1.22 bits per heavy atom. The fourth-order valence-corrected chi connectivity index (χ4v) is 2.37. The first-order chi connectivity index (χ1) is 11.0. The minimum Gasteiger partial charge on any atom is -0.272 e. The van der Waals surface area contributed by atoms with Crippen LogP contribution >= 0.6 is 11.8 Å². The van der Waals surface area contributed by atoms with Crippen molar-refractivity contribution in [3.8, 4) is 0 Å². The molecular formula is C16H15N3O3S. The van der Waals surface area contributed by atoms with Gasteiger partial charge in [-0.15, -0.1) is 11.8 Å². The van der Waals surface area contributed by atoms with Gasteiger partial charge in [-0.3, -0.25) is 14.9 Å². The highest BCUT2D eigenvalue weighted by atomic mass is 32.2. The van der Waals surface area contributed by atoms with Crippen LogP contribution in [-0.4, -0.2) is 22.8 Å². The molecule has 0 unspecified atom stereocenters. The predicted molar refractivity (Wildman–Crippen MR) is 90.7 cm³/mol. The van der Waals surface area contributed by atoms with E-state index in [1.54, 1.807) is 12.1 Å². The molecule has 0 aliphatic carbocycles. The largest absolute Gasteiger partial charge is 0.272 e. The van der Waals surface area contributed by atoms with Crippen LogP contribution in [0.25, 0.3) is 0 Å². The van der Waals surface area contributed by atoms with Gasteiger partial charge in [0.05, 0.1) is 16.9 Å². The first-order valence-corrected chi connectivity index (χ1v) is 7.79. The zero-order chi connectivity index (χ0) is 16.7. The van der Waals surface area contributed by atoms with Crippen molar-refractivity contribution in [3.05, 3.63) is 69.8 Å². The van der Waals surface area contributed by atoms with Gasteiger partial charge >= 0.3 is 0 Å². The number of benzene rings is 2. The highest BCUT2D eigenvalue weighted by molar-refractivity contribution is 8.00. The molecule has 118 valence electrons. The van der Waals surface area contributed by atoms with E-state index in [9.17, 15) is 14.9 Å². The monoisotopic (exact) mass is 329 g/mol. The number of non-ortho nitro benzene ring substituents is 1. The van der Waals surface area contributed by atoms with Gasteiger partial charge in [-0.25, -0.2) is 5.43 Å². The first kappa shape index (κ1) is 16.7. The molecule has 0 spiro atoms. The van der Waals surface area contributed by atoms with Gasteiger partial charge in [0, 0.05) is 17.0 Å². The summed E-state index contributed by atoms with van der Waals surface area (Å²) in [7, 11) is 0. The number of nitro groups is 1. The summed E-state index contributed by atoms with van der Waals surface area (Å²) in [6.45, 7) is 2.01. The smallest absolute Gasteiger partial charge is 0.269 e. The van der Waals surface area contributed by atoms with Gasteiger partial charge in [0.2, 0.25) is 5.91 Å². The molecule has 0 saturated heterocycles. The van der Waals surface area contributed by atoms with E-state index >= 15 is 0 Å². The summed E-state index contributed by atoms with van der Waals surface area (Å²) in [4.78, 5) is 22.8. The molecule has 7 heteroatoms. The molecule has 0 fully saturated rings. The van der Waals surface area contributed by atoms with Gasteiger partial charge in [0.1, 0.15) is 0 Å². The van der Waals surface area contributed by atoms with E-state index in [4.69, 9.17) is 0 Å². The zero-order valence-electron chi connectivity index (χ0n) is 12.4. The molecule has 2 aromatic carbocycles. The summed E-state index contributed by atoms with van der Waals surface area (Å²) in [5.74, 6) is 0.0504. The SMILES string of the molecule is Cc1ccc(SCC(=O)N/N=C\c2ccc([N+](=O)[O-])cc2)cc1.